The van der Waals surface area contributed by atoms with Crippen molar-refractivity contribution < 1.29 is 4.29 Å². The van der Waals surface area contributed by atoms with Crippen LogP contribution in [0.4, 0.5) is 5.69 Å². The van der Waals surface area contributed by atoms with Crippen molar-refractivity contribution in [3.63, 3.8) is 0 Å². The summed E-state index contributed by atoms with van der Waals surface area (Å²) in [6, 6.07) is 3.92. The van der Waals surface area contributed by atoms with Crippen molar-refractivity contribution >= 4 is 28.6 Å². The van der Waals surface area contributed by atoms with E-state index in [2.05, 4.69) is 14.3 Å². The first-order chi connectivity index (χ1) is 6.20. The average Bonchev–Trinajstić information content (AvgIpc) is 2.47. The number of halogens is 1. The van der Waals surface area contributed by atoms with Gasteiger partial charge in [-0.1, -0.05) is 0 Å². The molecule has 1 aromatic carbocycles. The number of fused-ring (bicyclic) bond motifs is 1. The van der Waals surface area contributed by atoms with Crippen molar-refractivity contribution in [3.8, 4) is 6.01 Å². The minimum Gasteiger partial charge on any atom is -0.399 e. The Balaban J connectivity index is 2.75. The maximum absolute atomic E-state index is 5.65. The minimum absolute atomic E-state index is 0.283. The molecule has 2 aromatic rings. The zero-order chi connectivity index (χ0) is 9.42. The number of aromatic nitrogens is 2. The molecule has 0 fully saturated rings. The highest BCUT2D eigenvalue weighted by Gasteiger charge is 2.06. The third kappa shape index (κ3) is 1.29. The average molecular weight is 198 g/mol. The molecule has 0 unspecified atom stereocenters. The molecular formula is C8H8ClN3O. The number of aromatic amines is 1. The van der Waals surface area contributed by atoms with Gasteiger partial charge in [0.1, 0.15) is 11.9 Å². The lowest BCUT2D eigenvalue weighted by atomic mass is 10.2. The van der Waals surface area contributed by atoms with Crippen LogP contribution in [0, 0.1) is 6.92 Å². The normalized spacial score (nSPS) is 10.6. The monoisotopic (exact) mass is 197 g/mol. The summed E-state index contributed by atoms with van der Waals surface area (Å²) in [7, 11) is 0. The number of imidazole rings is 1. The first-order valence-electron chi connectivity index (χ1n) is 3.75. The summed E-state index contributed by atoms with van der Waals surface area (Å²) >= 11 is 5.17. The highest BCUT2D eigenvalue weighted by atomic mass is 35.5. The number of nitrogen functional groups attached to an aromatic ring is 1. The molecule has 68 valence electrons. The van der Waals surface area contributed by atoms with Crippen LogP contribution < -0.4 is 10.0 Å². The molecule has 0 saturated heterocycles. The molecule has 0 atom stereocenters. The van der Waals surface area contributed by atoms with Crippen molar-refractivity contribution in [2.45, 2.75) is 6.92 Å². The Labute approximate surface area is 79.8 Å². The van der Waals surface area contributed by atoms with E-state index in [1.54, 1.807) is 6.07 Å². The molecule has 0 spiro atoms. The second-order valence-corrected chi connectivity index (χ2v) is 3.01. The van der Waals surface area contributed by atoms with Gasteiger partial charge in [0.2, 0.25) is 0 Å². The fourth-order valence-electron chi connectivity index (χ4n) is 1.33. The molecule has 0 bridgehead atoms. The quantitative estimate of drug-likeness (QED) is 0.688. The fraction of sp³-hybridized carbons (Fsp3) is 0.125. The number of nitrogens with zero attached hydrogens (tertiary/aromatic N) is 1. The molecular weight excluding hydrogens is 190 g/mol. The maximum atomic E-state index is 5.65. The van der Waals surface area contributed by atoms with E-state index in [4.69, 9.17) is 17.6 Å². The molecule has 0 saturated carbocycles. The van der Waals surface area contributed by atoms with E-state index in [1.807, 2.05) is 13.0 Å². The fourth-order valence-corrected chi connectivity index (χ4v) is 1.41. The molecule has 0 aliphatic carbocycles. The van der Waals surface area contributed by atoms with Crippen LogP contribution in [0.25, 0.3) is 11.0 Å². The molecule has 0 aliphatic rings. The molecule has 1 heterocycles. The van der Waals surface area contributed by atoms with E-state index >= 15 is 0 Å². The van der Waals surface area contributed by atoms with Gasteiger partial charge in [-0.05, 0) is 24.6 Å². The van der Waals surface area contributed by atoms with Crippen LogP contribution >= 0.6 is 11.9 Å². The van der Waals surface area contributed by atoms with E-state index in [1.165, 1.54) is 0 Å². The molecule has 0 radical (unpaired) electrons. The molecule has 2 rings (SSSR count). The SMILES string of the molecule is Cc1cc(N)cc2[nH]c(OCl)nc12. The number of rotatable bonds is 1. The first kappa shape index (κ1) is 8.19. The summed E-state index contributed by atoms with van der Waals surface area (Å²) in [5, 5.41) is 0. The zero-order valence-corrected chi connectivity index (χ0v) is 7.72. The Morgan fingerprint density at radius 3 is 3.00 bits per heavy atom. The topological polar surface area (TPSA) is 63.9 Å². The first-order valence-corrected chi connectivity index (χ1v) is 4.06. The zero-order valence-electron chi connectivity index (χ0n) is 6.97. The van der Waals surface area contributed by atoms with Crippen LogP contribution in [0.5, 0.6) is 6.01 Å². The van der Waals surface area contributed by atoms with Crippen LogP contribution in [-0.2, 0) is 0 Å². The third-order valence-corrected chi connectivity index (χ3v) is 2.00. The molecule has 0 aliphatic heterocycles. The van der Waals surface area contributed by atoms with Gasteiger partial charge in [0, 0.05) is 5.69 Å². The molecule has 3 N–H and O–H groups in total. The van der Waals surface area contributed by atoms with Gasteiger partial charge >= 0.3 is 6.01 Å². The van der Waals surface area contributed by atoms with Gasteiger partial charge in [-0.15, -0.1) is 0 Å². The highest BCUT2D eigenvalue weighted by Crippen LogP contribution is 2.22. The predicted octanol–water partition coefficient (Wildman–Crippen LogP) is 1.99. The number of H-pyrrole nitrogens is 1. The lowest BCUT2D eigenvalue weighted by Crippen LogP contribution is -1.86. The van der Waals surface area contributed by atoms with Crippen LogP contribution in [-0.4, -0.2) is 9.97 Å². The van der Waals surface area contributed by atoms with Gasteiger partial charge < -0.3 is 15.0 Å². The van der Waals surface area contributed by atoms with Gasteiger partial charge in [-0.3, -0.25) is 0 Å². The summed E-state index contributed by atoms with van der Waals surface area (Å²) in [4.78, 5) is 6.99. The summed E-state index contributed by atoms with van der Waals surface area (Å²) in [6.45, 7) is 1.93. The van der Waals surface area contributed by atoms with E-state index in [0.29, 0.717) is 5.69 Å². The summed E-state index contributed by atoms with van der Waals surface area (Å²) in [6.07, 6.45) is 0. The Morgan fingerprint density at radius 1 is 1.54 bits per heavy atom. The van der Waals surface area contributed by atoms with E-state index in [-0.39, 0.29) is 6.01 Å². The number of hydrogen-bond donors (Lipinski definition) is 2. The van der Waals surface area contributed by atoms with Crippen molar-refractivity contribution in [2.75, 3.05) is 5.73 Å². The van der Waals surface area contributed by atoms with Crippen molar-refractivity contribution in [1.29, 1.82) is 0 Å². The van der Waals surface area contributed by atoms with Crippen LogP contribution in [0.15, 0.2) is 12.1 Å². The van der Waals surface area contributed by atoms with E-state index in [9.17, 15) is 0 Å². The lowest BCUT2D eigenvalue weighted by Gasteiger charge is -1.95. The Hall–Kier alpha value is -1.42. The largest absolute Gasteiger partial charge is 0.399 e. The number of aryl methyl sites for hydroxylation is 1. The van der Waals surface area contributed by atoms with Crippen LogP contribution in [0.3, 0.4) is 0 Å². The molecule has 1 aromatic heterocycles. The minimum atomic E-state index is 0.283. The standard InChI is InChI=1S/C8H8ClN3O/c1-4-2-5(10)3-6-7(4)12-8(11-6)13-9/h2-3H,10H2,1H3,(H,11,12). The predicted molar refractivity (Wildman–Crippen MR) is 51.7 cm³/mol. The molecule has 4 nitrogen and oxygen atoms in total. The number of benzene rings is 1. The van der Waals surface area contributed by atoms with Gasteiger partial charge in [0.05, 0.1) is 11.0 Å². The lowest BCUT2D eigenvalue weighted by molar-refractivity contribution is 0.573. The van der Waals surface area contributed by atoms with E-state index in [0.717, 1.165) is 16.6 Å². The highest BCUT2D eigenvalue weighted by molar-refractivity contribution is 6.08. The molecule has 13 heavy (non-hydrogen) atoms. The maximum Gasteiger partial charge on any atom is 0.314 e. The van der Waals surface area contributed by atoms with Gasteiger partial charge in [-0.2, -0.15) is 4.98 Å². The van der Waals surface area contributed by atoms with Crippen molar-refractivity contribution in [3.05, 3.63) is 17.7 Å². The number of nitrogens with two attached hydrogens (primary N) is 1. The van der Waals surface area contributed by atoms with E-state index < -0.39 is 0 Å². The number of nitrogens with one attached hydrogen (secondary N) is 1. The second-order valence-electron chi connectivity index (χ2n) is 2.85. The molecule has 0 amide bonds. The smallest absolute Gasteiger partial charge is 0.314 e. The molecule has 5 heteroatoms. The van der Waals surface area contributed by atoms with Gasteiger partial charge in [0.25, 0.3) is 0 Å². The van der Waals surface area contributed by atoms with Crippen LogP contribution in [0.1, 0.15) is 5.56 Å². The Morgan fingerprint density at radius 2 is 2.31 bits per heavy atom. The summed E-state index contributed by atoms with van der Waals surface area (Å²) < 4.78 is 4.46. The summed E-state index contributed by atoms with van der Waals surface area (Å²) in [5.41, 5.74) is 8.99. The van der Waals surface area contributed by atoms with Crippen molar-refractivity contribution in [2.24, 2.45) is 0 Å². The van der Waals surface area contributed by atoms with Gasteiger partial charge in [0.15, 0.2) is 0 Å². The number of hydrogen-bond acceptors (Lipinski definition) is 3. The Kier molecular flexibility index (Phi) is 1.77. The number of anilines is 1. The van der Waals surface area contributed by atoms with Gasteiger partial charge in [-0.25, -0.2) is 0 Å². The van der Waals surface area contributed by atoms with Crippen molar-refractivity contribution in [1.82, 2.24) is 9.97 Å². The summed E-state index contributed by atoms with van der Waals surface area (Å²) in [5.74, 6) is 0. The second kappa shape index (κ2) is 2.81. The Bertz CT molecular complexity index is 452. The van der Waals surface area contributed by atoms with Crippen LogP contribution in [0.2, 0.25) is 0 Å². The third-order valence-electron chi connectivity index (χ3n) is 1.85.